The van der Waals surface area contributed by atoms with Gasteiger partial charge in [-0.3, -0.25) is 9.36 Å². The molecule has 6 heteroatoms. The largest absolute Gasteiger partial charge is 0.311 e. The molecule has 0 bridgehead atoms. The molecule has 0 aliphatic rings. The molecule has 5 nitrogen and oxygen atoms in total. The van der Waals surface area contributed by atoms with Gasteiger partial charge in [0.1, 0.15) is 0 Å². The number of aromatic nitrogens is 4. The Morgan fingerprint density at radius 3 is 2.79 bits per heavy atom. The summed E-state index contributed by atoms with van der Waals surface area (Å²) in [6.07, 6.45) is 3.10. The standard InChI is InChI=1S/C13H20ClN5/c1-4-6-15-8-11-5-7-19(17-11)9-12-13(14)10(2)16-18(12)3/h5,7,15H,4,6,8-9H2,1-3H3. The van der Waals surface area contributed by atoms with Crippen molar-refractivity contribution in [2.75, 3.05) is 6.54 Å². The van der Waals surface area contributed by atoms with Crippen LogP contribution in [0.2, 0.25) is 5.02 Å². The van der Waals surface area contributed by atoms with Crippen molar-refractivity contribution in [3.05, 3.63) is 34.4 Å². The van der Waals surface area contributed by atoms with Crippen molar-refractivity contribution >= 4 is 11.6 Å². The molecule has 0 unspecified atom stereocenters. The molecule has 2 aromatic rings. The lowest BCUT2D eigenvalue weighted by Gasteiger charge is -2.03. The van der Waals surface area contributed by atoms with E-state index in [1.165, 1.54) is 0 Å². The second-order valence-electron chi connectivity index (χ2n) is 4.65. The third-order valence-electron chi connectivity index (χ3n) is 3.00. The van der Waals surface area contributed by atoms with E-state index in [-0.39, 0.29) is 0 Å². The van der Waals surface area contributed by atoms with E-state index in [1.54, 1.807) is 0 Å². The molecule has 0 aliphatic carbocycles. The van der Waals surface area contributed by atoms with Crippen molar-refractivity contribution in [3.63, 3.8) is 0 Å². The van der Waals surface area contributed by atoms with Crippen LogP contribution in [0.15, 0.2) is 12.3 Å². The average molecular weight is 282 g/mol. The maximum atomic E-state index is 6.24. The van der Waals surface area contributed by atoms with Gasteiger partial charge in [-0.2, -0.15) is 10.2 Å². The molecular weight excluding hydrogens is 262 g/mol. The zero-order chi connectivity index (χ0) is 13.8. The van der Waals surface area contributed by atoms with E-state index >= 15 is 0 Å². The van der Waals surface area contributed by atoms with E-state index in [1.807, 2.05) is 35.6 Å². The van der Waals surface area contributed by atoms with E-state index in [0.29, 0.717) is 6.54 Å². The molecule has 0 radical (unpaired) electrons. The van der Waals surface area contributed by atoms with Crippen LogP contribution in [0.4, 0.5) is 0 Å². The van der Waals surface area contributed by atoms with Gasteiger partial charge in [0, 0.05) is 19.8 Å². The van der Waals surface area contributed by atoms with Crippen molar-refractivity contribution in [1.82, 2.24) is 24.9 Å². The zero-order valence-electron chi connectivity index (χ0n) is 11.6. The monoisotopic (exact) mass is 281 g/mol. The lowest BCUT2D eigenvalue weighted by molar-refractivity contribution is 0.598. The molecule has 19 heavy (non-hydrogen) atoms. The van der Waals surface area contributed by atoms with Gasteiger partial charge in [0.25, 0.3) is 0 Å². The Hall–Kier alpha value is -1.33. The van der Waals surface area contributed by atoms with E-state index in [9.17, 15) is 0 Å². The average Bonchev–Trinajstić information content (AvgIpc) is 2.91. The Bertz CT molecular complexity index is 543. The molecule has 0 amide bonds. The smallest absolute Gasteiger partial charge is 0.0866 e. The van der Waals surface area contributed by atoms with Gasteiger partial charge < -0.3 is 5.32 Å². The lowest BCUT2D eigenvalue weighted by atomic mass is 10.3. The fourth-order valence-corrected chi connectivity index (χ4v) is 2.20. The highest BCUT2D eigenvalue weighted by atomic mass is 35.5. The van der Waals surface area contributed by atoms with Crippen molar-refractivity contribution in [2.24, 2.45) is 7.05 Å². The number of rotatable bonds is 6. The second kappa shape index (κ2) is 6.21. The van der Waals surface area contributed by atoms with Crippen molar-refractivity contribution in [3.8, 4) is 0 Å². The number of hydrogen-bond donors (Lipinski definition) is 1. The van der Waals surface area contributed by atoms with Gasteiger partial charge in [0.2, 0.25) is 0 Å². The minimum atomic E-state index is 0.643. The Morgan fingerprint density at radius 2 is 2.16 bits per heavy atom. The topological polar surface area (TPSA) is 47.7 Å². The summed E-state index contributed by atoms with van der Waals surface area (Å²) < 4.78 is 3.71. The highest BCUT2D eigenvalue weighted by Crippen LogP contribution is 2.20. The Balaban J connectivity index is 2.03. The molecule has 2 aromatic heterocycles. The summed E-state index contributed by atoms with van der Waals surface area (Å²) in [5.41, 5.74) is 2.88. The van der Waals surface area contributed by atoms with Crippen molar-refractivity contribution in [2.45, 2.75) is 33.4 Å². The number of aryl methyl sites for hydroxylation is 2. The minimum absolute atomic E-state index is 0.643. The third kappa shape index (κ3) is 3.36. The second-order valence-corrected chi connectivity index (χ2v) is 5.03. The first-order valence-electron chi connectivity index (χ1n) is 6.52. The molecule has 0 saturated heterocycles. The van der Waals surface area contributed by atoms with Crippen LogP contribution >= 0.6 is 11.6 Å². The fourth-order valence-electron chi connectivity index (χ4n) is 1.98. The SMILES string of the molecule is CCCNCc1ccn(Cc2c(Cl)c(C)nn2C)n1. The predicted octanol–water partition coefficient (Wildman–Crippen LogP) is 2.13. The van der Waals surface area contributed by atoms with Crippen LogP contribution in [0, 0.1) is 6.92 Å². The summed E-state index contributed by atoms with van der Waals surface area (Å²) in [7, 11) is 1.90. The van der Waals surface area contributed by atoms with Crippen LogP contribution in [0.3, 0.4) is 0 Å². The zero-order valence-corrected chi connectivity index (χ0v) is 12.4. The first-order valence-corrected chi connectivity index (χ1v) is 6.90. The number of nitrogens with one attached hydrogen (secondary N) is 1. The van der Waals surface area contributed by atoms with Gasteiger partial charge in [0.15, 0.2) is 0 Å². The van der Waals surface area contributed by atoms with Crippen molar-refractivity contribution in [1.29, 1.82) is 0 Å². The normalized spacial score (nSPS) is 11.2. The Labute approximate surface area is 118 Å². The van der Waals surface area contributed by atoms with E-state index in [2.05, 4.69) is 22.4 Å². The highest BCUT2D eigenvalue weighted by Gasteiger charge is 2.11. The van der Waals surface area contributed by atoms with Gasteiger partial charge in [-0.15, -0.1) is 0 Å². The molecule has 0 atom stereocenters. The maximum absolute atomic E-state index is 6.24. The molecule has 2 rings (SSSR count). The van der Waals surface area contributed by atoms with Gasteiger partial charge in [0.05, 0.1) is 28.6 Å². The van der Waals surface area contributed by atoms with E-state index in [0.717, 1.165) is 41.6 Å². The first-order chi connectivity index (χ1) is 9.11. The summed E-state index contributed by atoms with van der Waals surface area (Å²) in [6, 6.07) is 2.03. The minimum Gasteiger partial charge on any atom is -0.311 e. The fraction of sp³-hybridized carbons (Fsp3) is 0.538. The lowest BCUT2D eigenvalue weighted by Crippen LogP contribution is -2.14. The van der Waals surface area contributed by atoms with Crippen LogP contribution in [0.1, 0.15) is 30.4 Å². The molecule has 0 fully saturated rings. The van der Waals surface area contributed by atoms with Crippen LogP contribution in [0.25, 0.3) is 0 Å². The van der Waals surface area contributed by atoms with Crippen LogP contribution < -0.4 is 5.32 Å². The third-order valence-corrected chi connectivity index (χ3v) is 3.49. The van der Waals surface area contributed by atoms with E-state index < -0.39 is 0 Å². The maximum Gasteiger partial charge on any atom is 0.0866 e. The summed E-state index contributed by atoms with van der Waals surface area (Å²) in [6.45, 7) is 6.52. The highest BCUT2D eigenvalue weighted by molar-refractivity contribution is 6.31. The Morgan fingerprint density at radius 1 is 1.37 bits per heavy atom. The van der Waals surface area contributed by atoms with Gasteiger partial charge in [-0.25, -0.2) is 0 Å². The molecular formula is C13H20ClN5. The van der Waals surface area contributed by atoms with Gasteiger partial charge in [-0.1, -0.05) is 18.5 Å². The molecule has 0 saturated carbocycles. The predicted molar refractivity (Wildman–Crippen MR) is 76.3 cm³/mol. The molecule has 0 spiro atoms. The molecule has 104 valence electrons. The van der Waals surface area contributed by atoms with Gasteiger partial charge in [-0.05, 0) is 26.0 Å². The quantitative estimate of drug-likeness (QED) is 0.825. The van der Waals surface area contributed by atoms with Crippen LogP contribution in [0.5, 0.6) is 0 Å². The van der Waals surface area contributed by atoms with Gasteiger partial charge >= 0.3 is 0 Å². The molecule has 0 aromatic carbocycles. The molecule has 2 heterocycles. The van der Waals surface area contributed by atoms with E-state index in [4.69, 9.17) is 11.6 Å². The summed E-state index contributed by atoms with van der Waals surface area (Å²) >= 11 is 6.24. The summed E-state index contributed by atoms with van der Waals surface area (Å²) in [5, 5.41) is 12.9. The molecule has 0 aliphatic heterocycles. The van der Waals surface area contributed by atoms with Crippen LogP contribution in [-0.4, -0.2) is 26.1 Å². The summed E-state index contributed by atoms with van der Waals surface area (Å²) in [4.78, 5) is 0. The summed E-state index contributed by atoms with van der Waals surface area (Å²) in [5.74, 6) is 0. The van der Waals surface area contributed by atoms with Crippen LogP contribution in [-0.2, 0) is 20.1 Å². The number of halogens is 1. The molecule has 1 N–H and O–H groups in total. The number of nitrogens with zero attached hydrogens (tertiary/aromatic N) is 4. The Kier molecular flexibility index (Phi) is 4.61. The first kappa shape index (κ1) is 14.1. The van der Waals surface area contributed by atoms with Crippen molar-refractivity contribution < 1.29 is 0 Å². The number of hydrogen-bond acceptors (Lipinski definition) is 3.